The fourth-order valence-corrected chi connectivity index (χ4v) is 4.54. The zero-order valence-electron chi connectivity index (χ0n) is 15.7. The minimum absolute atomic E-state index is 0.215. The number of carbonyl (C=O) groups is 2. The smallest absolute Gasteiger partial charge is 0.325 e. The van der Waals surface area contributed by atoms with Gasteiger partial charge in [0.1, 0.15) is 0 Å². The SMILES string of the molecule is CN1C(=O)NC(=O)C2C1N=C(N1CCCCC1)N2CCN1CCCCC1. The first-order valence-corrected chi connectivity index (χ1v) is 10.0. The van der Waals surface area contributed by atoms with Gasteiger partial charge in [-0.3, -0.25) is 10.1 Å². The van der Waals surface area contributed by atoms with Gasteiger partial charge >= 0.3 is 6.03 Å². The summed E-state index contributed by atoms with van der Waals surface area (Å²) in [6.07, 6.45) is 7.01. The third-order valence-electron chi connectivity index (χ3n) is 6.08. The highest BCUT2D eigenvalue weighted by Crippen LogP contribution is 2.27. The molecular weight excluding hydrogens is 332 g/mol. The molecule has 0 aromatic rings. The van der Waals surface area contributed by atoms with Crippen LogP contribution in [-0.2, 0) is 4.79 Å². The number of aliphatic imine (C=N–C) groups is 1. The number of urea groups is 1. The van der Waals surface area contributed by atoms with Crippen LogP contribution in [0.3, 0.4) is 0 Å². The van der Waals surface area contributed by atoms with Crippen molar-refractivity contribution >= 4 is 17.9 Å². The number of amides is 3. The van der Waals surface area contributed by atoms with E-state index in [9.17, 15) is 9.59 Å². The van der Waals surface area contributed by atoms with E-state index < -0.39 is 12.2 Å². The zero-order chi connectivity index (χ0) is 18.1. The van der Waals surface area contributed by atoms with Crippen molar-refractivity contribution in [1.82, 2.24) is 24.9 Å². The molecular formula is C18H30N6O2. The first kappa shape index (κ1) is 17.6. The van der Waals surface area contributed by atoms with Gasteiger partial charge in [0, 0.05) is 33.2 Å². The van der Waals surface area contributed by atoms with Crippen molar-refractivity contribution in [3.63, 3.8) is 0 Å². The predicted octanol–water partition coefficient (Wildman–Crippen LogP) is 0.506. The van der Waals surface area contributed by atoms with Crippen LogP contribution in [0.25, 0.3) is 0 Å². The maximum absolute atomic E-state index is 12.6. The lowest BCUT2D eigenvalue weighted by molar-refractivity contribution is -0.127. The lowest BCUT2D eigenvalue weighted by atomic mass is 10.1. The van der Waals surface area contributed by atoms with Gasteiger partial charge in [0.15, 0.2) is 18.2 Å². The molecule has 0 saturated carbocycles. The van der Waals surface area contributed by atoms with Crippen LogP contribution in [0, 0.1) is 0 Å². The van der Waals surface area contributed by atoms with Crippen LogP contribution in [-0.4, -0.2) is 96.0 Å². The second-order valence-corrected chi connectivity index (χ2v) is 7.84. The summed E-state index contributed by atoms with van der Waals surface area (Å²) in [5, 5.41) is 2.49. The van der Waals surface area contributed by atoms with Crippen molar-refractivity contribution in [2.75, 3.05) is 46.3 Å². The number of rotatable bonds is 3. The Labute approximate surface area is 155 Å². The fourth-order valence-electron chi connectivity index (χ4n) is 4.54. The summed E-state index contributed by atoms with van der Waals surface area (Å²) >= 11 is 0. The molecule has 3 saturated heterocycles. The van der Waals surface area contributed by atoms with Crippen molar-refractivity contribution in [2.24, 2.45) is 4.99 Å². The van der Waals surface area contributed by atoms with Gasteiger partial charge in [-0.15, -0.1) is 0 Å². The van der Waals surface area contributed by atoms with Gasteiger partial charge in [0.2, 0.25) is 0 Å². The molecule has 1 N–H and O–H groups in total. The molecule has 144 valence electrons. The van der Waals surface area contributed by atoms with Crippen molar-refractivity contribution < 1.29 is 9.59 Å². The molecule has 4 aliphatic rings. The van der Waals surface area contributed by atoms with Crippen LogP contribution < -0.4 is 5.32 Å². The first-order chi connectivity index (χ1) is 12.6. The maximum Gasteiger partial charge on any atom is 0.325 e. The number of likely N-dealkylation sites (tertiary alicyclic amines) is 2. The zero-order valence-corrected chi connectivity index (χ0v) is 15.7. The number of piperidine rings is 2. The number of fused-ring (bicyclic) bond motifs is 1. The van der Waals surface area contributed by atoms with E-state index in [1.54, 1.807) is 11.9 Å². The van der Waals surface area contributed by atoms with Crippen molar-refractivity contribution in [3.8, 4) is 0 Å². The number of hydrogen-bond donors (Lipinski definition) is 1. The van der Waals surface area contributed by atoms with Crippen LogP contribution in [0.1, 0.15) is 38.5 Å². The molecule has 4 aliphatic heterocycles. The molecule has 0 spiro atoms. The number of imide groups is 1. The number of likely N-dealkylation sites (N-methyl/N-ethyl adjacent to an activating group) is 1. The first-order valence-electron chi connectivity index (χ1n) is 10.0. The van der Waals surface area contributed by atoms with Crippen LogP contribution in [0.4, 0.5) is 4.79 Å². The molecule has 0 aliphatic carbocycles. The Balaban J connectivity index is 1.53. The Morgan fingerprint density at radius 2 is 1.62 bits per heavy atom. The standard InChI is InChI=1S/C18H30N6O2/c1-21-15-14(16(25)20-18(21)26)24(13-12-22-8-4-2-5-9-22)17(19-15)23-10-6-3-7-11-23/h14-15H,2-13H2,1H3,(H,20,25,26). The van der Waals surface area contributed by atoms with Crippen LogP contribution in [0.15, 0.2) is 4.99 Å². The van der Waals surface area contributed by atoms with E-state index in [2.05, 4.69) is 20.0 Å². The molecule has 0 aromatic carbocycles. The van der Waals surface area contributed by atoms with Gasteiger partial charge in [0.25, 0.3) is 5.91 Å². The number of nitrogens with zero attached hydrogens (tertiary/aromatic N) is 5. The summed E-state index contributed by atoms with van der Waals surface area (Å²) in [5.41, 5.74) is 0. The lowest BCUT2D eigenvalue weighted by Crippen LogP contribution is -2.64. The van der Waals surface area contributed by atoms with Crippen LogP contribution in [0.2, 0.25) is 0 Å². The normalized spacial score (nSPS) is 30.3. The topological polar surface area (TPSA) is 71.5 Å². The lowest BCUT2D eigenvalue weighted by Gasteiger charge is -2.39. The monoisotopic (exact) mass is 362 g/mol. The second-order valence-electron chi connectivity index (χ2n) is 7.84. The average molecular weight is 362 g/mol. The quantitative estimate of drug-likeness (QED) is 0.792. The summed E-state index contributed by atoms with van der Waals surface area (Å²) in [6, 6.07) is -0.754. The van der Waals surface area contributed by atoms with E-state index in [1.807, 2.05) is 0 Å². The molecule has 4 heterocycles. The Morgan fingerprint density at radius 3 is 2.31 bits per heavy atom. The summed E-state index contributed by atoms with van der Waals surface area (Å²) < 4.78 is 0. The summed E-state index contributed by atoms with van der Waals surface area (Å²) in [6.45, 7) is 5.98. The second kappa shape index (κ2) is 7.42. The van der Waals surface area contributed by atoms with E-state index >= 15 is 0 Å². The number of carbonyl (C=O) groups excluding carboxylic acids is 2. The van der Waals surface area contributed by atoms with Gasteiger partial charge in [-0.25, -0.2) is 9.79 Å². The van der Waals surface area contributed by atoms with E-state index in [0.29, 0.717) is 0 Å². The summed E-state index contributed by atoms with van der Waals surface area (Å²) in [5.74, 6) is 0.695. The highest BCUT2D eigenvalue weighted by molar-refractivity contribution is 6.03. The van der Waals surface area contributed by atoms with E-state index in [0.717, 1.165) is 58.1 Å². The minimum atomic E-state index is -0.408. The van der Waals surface area contributed by atoms with Gasteiger partial charge in [-0.2, -0.15) is 0 Å². The molecule has 0 bridgehead atoms. The van der Waals surface area contributed by atoms with Gasteiger partial charge in [-0.1, -0.05) is 6.42 Å². The Bertz CT molecular complexity index is 582. The average Bonchev–Trinajstić information content (AvgIpc) is 3.06. The number of guanidine groups is 1. The molecule has 2 atom stereocenters. The van der Waals surface area contributed by atoms with Crippen molar-refractivity contribution in [3.05, 3.63) is 0 Å². The minimum Gasteiger partial charge on any atom is -0.343 e. The van der Waals surface area contributed by atoms with E-state index in [-0.39, 0.29) is 11.9 Å². The Hall–Kier alpha value is -1.83. The van der Waals surface area contributed by atoms with Gasteiger partial charge < -0.3 is 19.6 Å². The Kier molecular flexibility index (Phi) is 5.02. The van der Waals surface area contributed by atoms with Crippen LogP contribution in [0.5, 0.6) is 0 Å². The molecule has 0 aromatic heterocycles. The summed E-state index contributed by atoms with van der Waals surface area (Å²) in [7, 11) is 1.73. The third-order valence-corrected chi connectivity index (χ3v) is 6.08. The number of hydrogen-bond acceptors (Lipinski definition) is 6. The maximum atomic E-state index is 12.6. The van der Waals surface area contributed by atoms with Crippen molar-refractivity contribution in [1.29, 1.82) is 0 Å². The van der Waals surface area contributed by atoms with E-state index in [4.69, 9.17) is 4.99 Å². The molecule has 2 unspecified atom stereocenters. The predicted molar refractivity (Wildman–Crippen MR) is 98.7 cm³/mol. The molecule has 8 nitrogen and oxygen atoms in total. The molecule has 3 amide bonds. The third kappa shape index (κ3) is 3.26. The van der Waals surface area contributed by atoms with E-state index in [1.165, 1.54) is 25.7 Å². The molecule has 3 fully saturated rings. The van der Waals surface area contributed by atoms with Crippen LogP contribution >= 0.6 is 0 Å². The highest BCUT2D eigenvalue weighted by Gasteiger charge is 2.49. The number of nitrogens with one attached hydrogen (secondary N) is 1. The van der Waals surface area contributed by atoms with Gasteiger partial charge in [0.05, 0.1) is 0 Å². The largest absolute Gasteiger partial charge is 0.343 e. The molecule has 8 heteroatoms. The molecule has 26 heavy (non-hydrogen) atoms. The Morgan fingerprint density at radius 1 is 0.962 bits per heavy atom. The van der Waals surface area contributed by atoms with Gasteiger partial charge in [-0.05, 0) is 45.2 Å². The van der Waals surface area contributed by atoms with Crippen molar-refractivity contribution in [2.45, 2.75) is 50.7 Å². The molecule has 4 rings (SSSR count). The highest BCUT2D eigenvalue weighted by atomic mass is 16.2. The molecule has 0 radical (unpaired) electrons. The summed E-state index contributed by atoms with van der Waals surface area (Å²) in [4.78, 5) is 38.0. The fraction of sp³-hybridized carbons (Fsp3) is 0.833.